The molecule has 0 fully saturated rings. The van der Waals surface area contributed by atoms with Crippen LogP contribution < -0.4 is 16.0 Å². The number of halogens is 2. The summed E-state index contributed by atoms with van der Waals surface area (Å²) in [7, 11) is 1.66. The number of pyridine rings is 1. The highest BCUT2D eigenvalue weighted by Crippen LogP contribution is 2.14. The largest absolute Gasteiger partial charge is 0.356 e. The molecule has 0 unspecified atom stereocenters. The van der Waals surface area contributed by atoms with Crippen molar-refractivity contribution in [3.63, 3.8) is 0 Å². The minimum absolute atomic E-state index is 0. The summed E-state index contributed by atoms with van der Waals surface area (Å²) >= 11 is 6.12. The second-order valence-corrected chi connectivity index (χ2v) is 5.39. The second-order valence-electron chi connectivity index (χ2n) is 4.98. The molecule has 0 radical (unpaired) electrons. The average molecular weight is 474 g/mol. The fourth-order valence-corrected chi connectivity index (χ4v) is 2.27. The standard InChI is InChI=1S/C17H20ClN5O.HI/c1-19-17(21-10-8-13-5-2-3-7-15(13)18)22-12-16(24)23-14-6-4-9-20-11-14;/h2-7,9,11H,8,10,12H2,1H3,(H,23,24)(H2,19,21,22);1H. The predicted octanol–water partition coefficient (Wildman–Crippen LogP) is 2.70. The van der Waals surface area contributed by atoms with E-state index in [2.05, 4.69) is 25.9 Å². The lowest BCUT2D eigenvalue weighted by Crippen LogP contribution is -2.42. The highest BCUT2D eigenvalue weighted by atomic mass is 127. The van der Waals surface area contributed by atoms with Gasteiger partial charge in [0.15, 0.2) is 5.96 Å². The van der Waals surface area contributed by atoms with Crippen LogP contribution in [0.1, 0.15) is 5.56 Å². The Morgan fingerprint density at radius 2 is 2.00 bits per heavy atom. The molecule has 1 heterocycles. The molecule has 1 aromatic heterocycles. The van der Waals surface area contributed by atoms with E-state index < -0.39 is 0 Å². The molecule has 0 spiro atoms. The van der Waals surface area contributed by atoms with Crippen LogP contribution in [0.5, 0.6) is 0 Å². The molecule has 2 rings (SSSR count). The van der Waals surface area contributed by atoms with E-state index in [-0.39, 0.29) is 36.4 Å². The van der Waals surface area contributed by atoms with Crippen molar-refractivity contribution in [3.8, 4) is 0 Å². The molecular formula is C17H21ClIN5O. The monoisotopic (exact) mass is 473 g/mol. The van der Waals surface area contributed by atoms with Gasteiger partial charge in [-0.1, -0.05) is 29.8 Å². The summed E-state index contributed by atoms with van der Waals surface area (Å²) in [6.45, 7) is 0.772. The van der Waals surface area contributed by atoms with Crippen LogP contribution in [-0.2, 0) is 11.2 Å². The van der Waals surface area contributed by atoms with E-state index in [0.717, 1.165) is 17.0 Å². The van der Waals surface area contributed by atoms with Crippen molar-refractivity contribution in [3.05, 3.63) is 59.4 Å². The summed E-state index contributed by atoms with van der Waals surface area (Å²) in [5.74, 6) is 0.389. The molecule has 1 amide bonds. The maximum Gasteiger partial charge on any atom is 0.243 e. The van der Waals surface area contributed by atoms with Crippen LogP contribution in [0.15, 0.2) is 53.8 Å². The van der Waals surface area contributed by atoms with Crippen LogP contribution in [0.25, 0.3) is 0 Å². The van der Waals surface area contributed by atoms with E-state index in [4.69, 9.17) is 11.6 Å². The smallest absolute Gasteiger partial charge is 0.243 e. The molecule has 0 aliphatic carbocycles. The van der Waals surface area contributed by atoms with Crippen molar-refractivity contribution in [1.29, 1.82) is 0 Å². The molecule has 0 bridgehead atoms. The van der Waals surface area contributed by atoms with E-state index in [0.29, 0.717) is 18.2 Å². The number of hydrogen-bond donors (Lipinski definition) is 3. The summed E-state index contributed by atoms with van der Waals surface area (Å²) in [5, 5.41) is 9.61. The van der Waals surface area contributed by atoms with E-state index in [1.54, 1.807) is 31.6 Å². The van der Waals surface area contributed by atoms with Gasteiger partial charge >= 0.3 is 0 Å². The van der Waals surface area contributed by atoms with Crippen LogP contribution in [-0.4, -0.2) is 37.0 Å². The number of benzene rings is 1. The number of nitrogens with zero attached hydrogens (tertiary/aromatic N) is 2. The Hall–Kier alpha value is -1.87. The van der Waals surface area contributed by atoms with Gasteiger partial charge < -0.3 is 16.0 Å². The number of anilines is 1. The molecule has 1 aromatic carbocycles. The van der Waals surface area contributed by atoms with Crippen LogP contribution in [0.2, 0.25) is 5.02 Å². The third kappa shape index (κ3) is 7.70. The van der Waals surface area contributed by atoms with Gasteiger partial charge in [0.25, 0.3) is 0 Å². The van der Waals surface area contributed by atoms with E-state index in [9.17, 15) is 4.79 Å². The summed E-state index contributed by atoms with van der Waals surface area (Å²) < 4.78 is 0. The first-order valence-electron chi connectivity index (χ1n) is 7.57. The molecule has 25 heavy (non-hydrogen) atoms. The van der Waals surface area contributed by atoms with Crippen molar-refractivity contribution in [2.45, 2.75) is 6.42 Å². The third-order valence-corrected chi connectivity index (χ3v) is 3.60. The highest BCUT2D eigenvalue weighted by molar-refractivity contribution is 14.0. The molecule has 0 saturated carbocycles. The van der Waals surface area contributed by atoms with Gasteiger partial charge in [0, 0.05) is 24.8 Å². The fraction of sp³-hybridized carbons (Fsp3) is 0.235. The van der Waals surface area contributed by atoms with Gasteiger partial charge in [0.2, 0.25) is 5.91 Å². The van der Waals surface area contributed by atoms with Gasteiger partial charge in [-0.05, 0) is 30.2 Å². The molecule has 3 N–H and O–H groups in total. The Morgan fingerprint density at radius 1 is 1.20 bits per heavy atom. The van der Waals surface area contributed by atoms with Gasteiger partial charge in [-0.15, -0.1) is 24.0 Å². The Kier molecular flexibility index (Phi) is 9.86. The molecule has 8 heteroatoms. The zero-order valence-electron chi connectivity index (χ0n) is 13.8. The summed E-state index contributed by atoms with van der Waals surface area (Å²) in [6.07, 6.45) is 4.01. The number of nitrogens with one attached hydrogen (secondary N) is 3. The second kappa shape index (κ2) is 11.6. The van der Waals surface area contributed by atoms with Crippen molar-refractivity contribution in [2.24, 2.45) is 4.99 Å². The number of amides is 1. The lowest BCUT2D eigenvalue weighted by atomic mass is 10.1. The third-order valence-electron chi connectivity index (χ3n) is 3.23. The number of aliphatic imine (C=N–C) groups is 1. The molecular weight excluding hydrogens is 453 g/mol. The molecule has 0 aliphatic rings. The summed E-state index contributed by atoms with van der Waals surface area (Å²) in [4.78, 5) is 19.9. The maximum atomic E-state index is 11.9. The highest BCUT2D eigenvalue weighted by Gasteiger charge is 2.05. The van der Waals surface area contributed by atoms with Crippen LogP contribution in [0.4, 0.5) is 5.69 Å². The first-order valence-corrected chi connectivity index (χ1v) is 7.94. The van der Waals surface area contributed by atoms with Gasteiger partial charge in [-0.2, -0.15) is 0 Å². The Labute approximate surface area is 169 Å². The van der Waals surface area contributed by atoms with Crippen molar-refractivity contribution >= 4 is 53.1 Å². The average Bonchev–Trinajstić information content (AvgIpc) is 2.60. The maximum absolute atomic E-state index is 11.9. The first-order chi connectivity index (χ1) is 11.7. The van der Waals surface area contributed by atoms with Crippen LogP contribution in [0, 0.1) is 0 Å². The Bertz CT molecular complexity index is 696. The predicted molar refractivity (Wildman–Crippen MR) is 113 cm³/mol. The van der Waals surface area contributed by atoms with Crippen molar-refractivity contribution in [1.82, 2.24) is 15.6 Å². The van der Waals surface area contributed by atoms with Crippen LogP contribution >= 0.6 is 35.6 Å². The minimum Gasteiger partial charge on any atom is -0.356 e. The molecule has 2 aromatic rings. The topological polar surface area (TPSA) is 78.4 Å². The summed E-state index contributed by atoms with van der Waals surface area (Å²) in [5.41, 5.74) is 1.72. The lowest BCUT2D eigenvalue weighted by Gasteiger charge is -2.12. The fourth-order valence-electron chi connectivity index (χ4n) is 2.04. The quantitative estimate of drug-likeness (QED) is 0.342. The molecule has 134 valence electrons. The normalized spacial score (nSPS) is 10.6. The molecule has 0 aliphatic heterocycles. The Morgan fingerprint density at radius 3 is 2.68 bits per heavy atom. The van der Waals surface area contributed by atoms with Crippen molar-refractivity contribution in [2.75, 3.05) is 25.5 Å². The zero-order valence-corrected chi connectivity index (χ0v) is 16.9. The number of aromatic nitrogens is 1. The number of rotatable bonds is 6. The molecule has 0 atom stereocenters. The first kappa shape index (κ1) is 21.2. The van der Waals surface area contributed by atoms with E-state index >= 15 is 0 Å². The Balaban J connectivity index is 0.00000312. The number of carbonyl (C=O) groups excluding carboxylic acids is 1. The van der Waals surface area contributed by atoms with Crippen molar-refractivity contribution < 1.29 is 4.79 Å². The van der Waals surface area contributed by atoms with Gasteiger partial charge in [-0.25, -0.2) is 0 Å². The number of carbonyl (C=O) groups is 1. The molecule has 0 saturated heterocycles. The lowest BCUT2D eigenvalue weighted by molar-refractivity contribution is -0.115. The molecule has 6 nitrogen and oxygen atoms in total. The van der Waals surface area contributed by atoms with E-state index in [1.165, 1.54) is 0 Å². The summed E-state index contributed by atoms with van der Waals surface area (Å²) in [6, 6.07) is 11.3. The van der Waals surface area contributed by atoms with Gasteiger partial charge in [0.1, 0.15) is 0 Å². The number of guanidine groups is 1. The SMILES string of the molecule is CN=C(NCCc1ccccc1Cl)NCC(=O)Nc1cccnc1.I. The van der Waals surface area contributed by atoms with Gasteiger partial charge in [-0.3, -0.25) is 14.8 Å². The van der Waals surface area contributed by atoms with E-state index in [1.807, 2.05) is 24.3 Å². The van der Waals surface area contributed by atoms with Gasteiger partial charge in [0.05, 0.1) is 18.4 Å². The number of hydrogen-bond acceptors (Lipinski definition) is 3. The van der Waals surface area contributed by atoms with Crippen LogP contribution in [0.3, 0.4) is 0 Å². The zero-order chi connectivity index (χ0) is 17.2. The minimum atomic E-state index is -0.169.